The lowest BCUT2D eigenvalue weighted by Gasteiger charge is -2.05. The van der Waals surface area contributed by atoms with Gasteiger partial charge in [0.2, 0.25) is 5.88 Å². The number of hydrogen-bond donors (Lipinski definition) is 3. The molecule has 15 heavy (non-hydrogen) atoms. The number of aromatic hydroxyl groups is 2. The van der Waals surface area contributed by atoms with Crippen molar-refractivity contribution in [2.45, 2.75) is 0 Å². The van der Waals surface area contributed by atoms with Gasteiger partial charge in [-0.3, -0.25) is 0 Å². The van der Waals surface area contributed by atoms with E-state index >= 15 is 0 Å². The summed E-state index contributed by atoms with van der Waals surface area (Å²) in [4.78, 5) is 2.62. The number of methoxy groups -OCH3 is 2. The van der Waals surface area contributed by atoms with Gasteiger partial charge in [-0.05, 0) is 0 Å². The molecule has 80 valence electrons. The number of nitrogens with one attached hydrogen (secondary N) is 1. The van der Waals surface area contributed by atoms with Gasteiger partial charge in [-0.15, -0.1) is 0 Å². The molecule has 0 radical (unpaired) electrons. The zero-order chi connectivity index (χ0) is 11.0. The first kappa shape index (κ1) is 9.51. The fraction of sp³-hybridized carbons (Fsp3) is 0.200. The molecule has 0 saturated carbocycles. The van der Waals surface area contributed by atoms with E-state index in [4.69, 9.17) is 9.47 Å². The number of H-pyrrole nitrogens is 1. The normalized spacial score (nSPS) is 10.5. The standard InChI is InChI=1S/C10H11NO4/c1-14-5-3-6-8(7(4-5)15-2)9(12)10(13)11-6/h3-4,11-13H,1-2H3. The minimum absolute atomic E-state index is 0.218. The first-order valence-electron chi connectivity index (χ1n) is 4.33. The molecule has 0 unspecified atom stereocenters. The second kappa shape index (κ2) is 3.27. The molecule has 1 aromatic carbocycles. The van der Waals surface area contributed by atoms with Crippen molar-refractivity contribution in [1.29, 1.82) is 0 Å². The van der Waals surface area contributed by atoms with Crippen molar-refractivity contribution in [3.8, 4) is 23.1 Å². The van der Waals surface area contributed by atoms with Crippen molar-refractivity contribution in [2.24, 2.45) is 0 Å². The lowest BCUT2D eigenvalue weighted by Crippen LogP contribution is -1.87. The summed E-state index contributed by atoms with van der Waals surface area (Å²) < 4.78 is 10.1. The van der Waals surface area contributed by atoms with Crippen LogP contribution in [0.2, 0.25) is 0 Å². The van der Waals surface area contributed by atoms with E-state index in [9.17, 15) is 10.2 Å². The van der Waals surface area contributed by atoms with Crippen molar-refractivity contribution in [3.63, 3.8) is 0 Å². The van der Waals surface area contributed by atoms with Crippen molar-refractivity contribution in [2.75, 3.05) is 14.2 Å². The first-order chi connectivity index (χ1) is 7.17. The predicted molar refractivity (Wildman–Crippen MR) is 54.7 cm³/mol. The van der Waals surface area contributed by atoms with Crippen LogP contribution in [0.1, 0.15) is 0 Å². The lowest BCUT2D eigenvalue weighted by molar-refractivity contribution is 0.390. The summed E-state index contributed by atoms with van der Waals surface area (Å²) in [6, 6.07) is 3.30. The van der Waals surface area contributed by atoms with Crippen LogP contribution in [0.15, 0.2) is 12.1 Å². The summed E-state index contributed by atoms with van der Waals surface area (Å²) in [6.07, 6.45) is 0. The zero-order valence-corrected chi connectivity index (χ0v) is 8.37. The molecule has 1 aromatic heterocycles. The topological polar surface area (TPSA) is 74.7 Å². The minimum atomic E-state index is -0.281. The maximum absolute atomic E-state index is 9.57. The van der Waals surface area contributed by atoms with Crippen LogP contribution in [0.3, 0.4) is 0 Å². The molecule has 5 nitrogen and oxygen atoms in total. The third-order valence-corrected chi connectivity index (χ3v) is 2.25. The van der Waals surface area contributed by atoms with E-state index in [2.05, 4.69) is 4.98 Å². The van der Waals surface area contributed by atoms with Crippen molar-refractivity contribution < 1.29 is 19.7 Å². The molecule has 2 aromatic rings. The fourth-order valence-electron chi connectivity index (χ4n) is 1.52. The van der Waals surface area contributed by atoms with Gasteiger partial charge >= 0.3 is 0 Å². The number of fused-ring (bicyclic) bond motifs is 1. The van der Waals surface area contributed by atoms with Crippen LogP contribution in [0.4, 0.5) is 0 Å². The Labute approximate surface area is 85.9 Å². The van der Waals surface area contributed by atoms with Crippen LogP contribution >= 0.6 is 0 Å². The Morgan fingerprint density at radius 2 is 1.87 bits per heavy atom. The van der Waals surface area contributed by atoms with E-state index in [1.54, 1.807) is 12.1 Å². The van der Waals surface area contributed by atoms with Gasteiger partial charge in [0.15, 0.2) is 5.75 Å². The molecule has 0 saturated heterocycles. The van der Waals surface area contributed by atoms with Gasteiger partial charge in [0.1, 0.15) is 11.5 Å². The van der Waals surface area contributed by atoms with Crippen LogP contribution in [0, 0.1) is 0 Å². The molecule has 0 aliphatic carbocycles. The number of rotatable bonds is 2. The first-order valence-corrected chi connectivity index (χ1v) is 4.33. The Kier molecular flexibility index (Phi) is 2.07. The van der Waals surface area contributed by atoms with Crippen LogP contribution < -0.4 is 9.47 Å². The second-order valence-electron chi connectivity index (χ2n) is 3.07. The largest absolute Gasteiger partial charge is 0.503 e. The van der Waals surface area contributed by atoms with Crippen LogP contribution in [0.5, 0.6) is 23.1 Å². The van der Waals surface area contributed by atoms with E-state index in [-0.39, 0.29) is 11.6 Å². The molecular weight excluding hydrogens is 198 g/mol. The average molecular weight is 209 g/mol. The molecular formula is C10H11NO4. The smallest absolute Gasteiger partial charge is 0.233 e. The maximum Gasteiger partial charge on any atom is 0.233 e. The van der Waals surface area contributed by atoms with Gasteiger partial charge in [0.25, 0.3) is 0 Å². The summed E-state index contributed by atoms with van der Waals surface area (Å²) in [6.45, 7) is 0. The summed E-state index contributed by atoms with van der Waals surface area (Å²) in [5.41, 5.74) is 0.557. The van der Waals surface area contributed by atoms with E-state index in [0.717, 1.165) is 0 Å². The van der Waals surface area contributed by atoms with Gasteiger partial charge in [-0.1, -0.05) is 0 Å². The fourth-order valence-corrected chi connectivity index (χ4v) is 1.52. The van der Waals surface area contributed by atoms with Gasteiger partial charge in [-0.25, -0.2) is 0 Å². The molecule has 0 amide bonds. The maximum atomic E-state index is 9.57. The quantitative estimate of drug-likeness (QED) is 0.702. The SMILES string of the molecule is COc1cc(OC)c2c(O)c(O)[nH]c2c1. The Morgan fingerprint density at radius 3 is 2.47 bits per heavy atom. The van der Waals surface area contributed by atoms with Crippen LogP contribution in [0.25, 0.3) is 10.9 Å². The third-order valence-electron chi connectivity index (χ3n) is 2.25. The lowest BCUT2D eigenvalue weighted by atomic mass is 10.2. The van der Waals surface area contributed by atoms with Crippen LogP contribution in [-0.2, 0) is 0 Å². The monoisotopic (exact) mass is 209 g/mol. The van der Waals surface area contributed by atoms with Gasteiger partial charge in [0.05, 0.1) is 25.1 Å². The molecule has 0 spiro atoms. The number of benzene rings is 1. The number of hydrogen-bond acceptors (Lipinski definition) is 4. The van der Waals surface area contributed by atoms with E-state index in [0.29, 0.717) is 22.4 Å². The van der Waals surface area contributed by atoms with Gasteiger partial charge in [0, 0.05) is 12.1 Å². The summed E-state index contributed by atoms with van der Waals surface area (Å²) in [5.74, 6) is 0.528. The highest BCUT2D eigenvalue weighted by molar-refractivity contribution is 5.95. The number of ether oxygens (including phenoxy) is 2. The molecule has 0 atom stereocenters. The Bertz CT molecular complexity index is 504. The highest BCUT2D eigenvalue weighted by atomic mass is 16.5. The Balaban J connectivity index is 2.81. The highest BCUT2D eigenvalue weighted by Crippen LogP contribution is 2.41. The summed E-state index contributed by atoms with van der Waals surface area (Å²) in [5, 5.41) is 19.3. The minimum Gasteiger partial charge on any atom is -0.503 e. The van der Waals surface area contributed by atoms with Crippen molar-refractivity contribution in [3.05, 3.63) is 12.1 Å². The van der Waals surface area contributed by atoms with E-state index in [1.165, 1.54) is 14.2 Å². The van der Waals surface area contributed by atoms with Crippen molar-refractivity contribution >= 4 is 10.9 Å². The number of aromatic nitrogens is 1. The average Bonchev–Trinajstić information content (AvgIpc) is 2.53. The van der Waals surface area contributed by atoms with Crippen molar-refractivity contribution in [1.82, 2.24) is 4.98 Å². The van der Waals surface area contributed by atoms with Gasteiger partial charge in [-0.2, -0.15) is 0 Å². The molecule has 2 rings (SSSR count). The molecule has 3 N–H and O–H groups in total. The third kappa shape index (κ3) is 1.32. The molecule has 0 bridgehead atoms. The predicted octanol–water partition coefficient (Wildman–Crippen LogP) is 1.60. The molecule has 0 aliphatic heterocycles. The number of aromatic amines is 1. The zero-order valence-electron chi connectivity index (χ0n) is 8.37. The second-order valence-corrected chi connectivity index (χ2v) is 3.07. The van der Waals surface area contributed by atoms with E-state index in [1.807, 2.05) is 0 Å². The molecule has 5 heteroatoms. The Morgan fingerprint density at radius 1 is 1.13 bits per heavy atom. The summed E-state index contributed by atoms with van der Waals surface area (Å²) in [7, 11) is 3.01. The molecule has 0 fully saturated rings. The molecule has 1 heterocycles. The van der Waals surface area contributed by atoms with Gasteiger partial charge < -0.3 is 24.7 Å². The van der Waals surface area contributed by atoms with E-state index < -0.39 is 0 Å². The highest BCUT2D eigenvalue weighted by Gasteiger charge is 2.15. The summed E-state index contributed by atoms with van der Waals surface area (Å²) >= 11 is 0. The Hall–Kier alpha value is -2.04. The molecule has 0 aliphatic rings. The van der Waals surface area contributed by atoms with Crippen LogP contribution in [-0.4, -0.2) is 29.4 Å².